The maximum absolute atomic E-state index is 13.8. The van der Waals surface area contributed by atoms with Gasteiger partial charge >= 0.3 is 11.8 Å². The van der Waals surface area contributed by atoms with Crippen molar-refractivity contribution in [2.45, 2.75) is 18.1 Å². The molecule has 0 spiro atoms. The largest absolute Gasteiger partial charge is 0.394 e. The zero-order valence-electron chi connectivity index (χ0n) is 10.4. The summed E-state index contributed by atoms with van der Waals surface area (Å²) in [6.07, 6.45) is -3.25. The van der Waals surface area contributed by atoms with Crippen LogP contribution >= 0.6 is 0 Å². The number of rotatable bonds is 4. The molecular formula is C10H11F2N5O4. The summed E-state index contributed by atoms with van der Waals surface area (Å²) in [5.74, 6) is -6.34. The molecule has 0 radical (unpaired) electrons. The van der Waals surface area contributed by atoms with E-state index in [-0.39, 0.29) is 17.0 Å². The number of nitrogens with zero attached hydrogens (tertiary/aromatic N) is 4. The van der Waals surface area contributed by atoms with Crippen LogP contribution in [0.4, 0.5) is 14.6 Å². The highest BCUT2D eigenvalue weighted by Crippen LogP contribution is 2.26. The fourth-order valence-electron chi connectivity index (χ4n) is 1.63. The lowest BCUT2D eigenvalue weighted by Gasteiger charge is -2.24. The van der Waals surface area contributed by atoms with E-state index in [1.54, 1.807) is 0 Å². The van der Waals surface area contributed by atoms with Crippen LogP contribution in [-0.4, -0.2) is 65.5 Å². The second kappa shape index (κ2) is 5.27. The van der Waals surface area contributed by atoms with Crippen molar-refractivity contribution in [3.8, 4) is 0 Å². The molecule has 2 rings (SSSR count). The van der Waals surface area contributed by atoms with Crippen molar-refractivity contribution in [2.75, 3.05) is 12.3 Å². The molecule has 0 unspecified atom stereocenters. The van der Waals surface area contributed by atoms with Gasteiger partial charge in [-0.2, -0.15) is 8.78 Å². The lowest BCUT2D eigenvalue weighted by Crippen LogP contribution is -2.51. The van der Waals surface area contributed by atoms with E-state index < -0.39 is 30.6 Å². The topological polar surface area (TPSA) is 147 Å². The lowest BCUT2D eigenvalue weighted by atomic mass is 10.1. The average molecular weight is 303 g/mol. The van der Waals surface area contributed by atoms with E-state index in [9.17, 15) is 18.7 Å². The molecule has 114 valence electrons. The molecule has 2 heterocycles. The summed E-state index contributed by atoms with van der Waals surface area (Å²) in [6.45, 7) is -1.14. The maximum Gasteiger partial charge on any atom is 0.353 e. The highest BCUT2D eigenvalue weighted by molar-refractivity contribution is 5.95. The van der Waals surface area contributed by atoms with Gasteiger partial charge in [-0.3, -0.25) is 4.79 Å². The lowest BCUT2D eigenvalue weighted by molar-refractivity contribution is -0.136. The zero-order valence-corrected chi connectivity index (χ0v) is 10.4. The van der Waals surface area contributed by atoms with Crippen LogP contribution in [-0.2, 0) is 0 Å². The quantitative estimate of drug-likeness (QED) is 0.528. The highest BCUT2D eigenvalue weighted by atomic mass is 19.3. The molecule has 9 nitrogen and oxygen atoms in total. The van der Waals surface area contributed by atoms with Crippen molar-refractivity contribution in [1.29, 1.82) is 0 Å². The molecule has 21 heavy (non-hydrogen) atoms. The summed E-state index contributed by atoms with van der Waals surface area (Å²) in [4.78, 5) is 22.7. The van der Waals surface area contributed by atoms with E-state index in [4.69, 9.17) is 15.9 Å². The van der Waals surface area contributed by atoms with E-state index >= 15 is 0 Å². The van der Waals surface area contributed by atoms with Crippen molar-refractivity contribution >= 4 is 22.9 Å². The first-order valence-corrected chi connectivity index (χ1v) is 5.63. The number of imidazole rings is 1. The molecule has 2 atom stereocenters. The van der Waals surface area contributed by atoms with Gasteiger partial charge in [0, 0.05) is 0 Å². The van der Waals surface area contributed by atoms with Crippen molar-refractivity contribution in [1.82, 2.24) is 19.5 Å². The molecule has 0 aliphatic heterocycles. The molecule has 2 aromatic heterocycles. The minimum atomic E-state index is -4.37. The summed E-state index contributed by atoms with van der Waals surface area (Å²) < 4.78 is 28.1. The Morgan fingerprint density at radius 2 is 2.05 bits per heavy atom. The van der Waals surface area contributed by atoms with E-state index in [0.29, 0.717) is 4.57 Å². The van der Waals surface area contributed by atoms with Crippen LogP contribution in [0, 0.1) is 0 Å². The Labute approximate surface area is 115 Å². The first kappa shape index (κ1) is 15.2. The molecule has 0 saturated carbocycles. The van der Waals surface area contributed by atoms with Gasteiger partial charge in [-0.25, -0.2) is 19.5 Å². The number of nitrogens with two attached hydrogens (primary N) is 1. The second-order valence-corrected chi connectivity index (χ2v) is 4.17. The van der Waals surface area contributed by atoms with Crippen molar-refractivity contribution in [3.63, 3.8) is 0 Å². The number of hydrogen-bond donors (Lipinski definition) is 4. The Morgan fingerprint density at radius 3 is 2.67 bits per heavy atom. The number of aliphatic hydroxyl groups excluding tert-OH is 3. The number of carbonyl (C=O) groups excluding carboxylic acids is 1. The van der Waals surface area contributed by atoms with Crippen LogP contribution in [0.1, 0.15) is 4.79 Å². The molecule has 0 saturated heterocycles. The van der Waals surface area contributed by atoms with E-state index in [2.05, 4.69) is 15.0 Å². The minimum Gasteiger partial charge on any atom is -0.394 e. The van der Waals surface area contributed by atoms with Crippen LogP contribution < -0.4 is 5.73 Å². The van der Waals surface area contributed by atoms with Crippen molar-refractivity contribution in [3.05, 3.63) is 12.7 Å². The van der Waals surface area contributed by atoms with Gasteiger partial charge in [-0.1, -0.05) is 0 Å². The number of halogens is 2. The summed E-state index contributed by atoms with van der Waals surface area (Å²) in [5, 5.41) is 26.9. The number of carbonyl (C=O) groups is 1. The molecule has 2 aromatic rings. The molecule has 0 amide bonds. The number of nitrogen functional groups attached to an aromatic ring is 1. The van der Waals surface area contributed by atoms with Gasteiger partial charge in [0.2, 0.25) is 0 Å². The molecule has 0 aliphatic rings. The number of aromatic nitrogens is 4. The van der Waals surface area contributed by atoms with Crippen molar-refractivity contribution in [2.24, 2.45) is 0 Å². The third-order valence-corrected chi connectivity index (χ3v) is 2.79. The number of alkyl halides is 2. The zero-order chi connectivity index (χ0) is 15.8. The third kappa shape index (κ3) is 2.41. The molecule has 11 heteroatoms. The standard InChI is InChI=1S/C10H11F2N5O4/c11-10(12,6(20)4(19)1-18)9(21)17-3-16-5-7(13)14-2-15-8(5)17/h2-4,6,18-20H,1H2,(H2,13,14,15)/t4-,6-/m1/s1. The van der Waals surface area contributed by atoms with Gasteiger partial charge in [0.15, 0.2) is 23.1 Å². The molecule has 0 bridgehead atoms. The maximum atomic E-state index is 13.8. The van der Waals surface area contributed by atoms with Gasteiger partial charge in [0.25, 0.3) is 0 Å². The Kier molecular flexibility index (Phi) is 3.80. The number of fused-ring (bicyclic) bond motifs is 1. The Balaban J connectivity index is 2.44. The predicted molar refractivity (Wildman–Crippen MR) is 64.4 cm³/mol. The van der Waals surface area contributed by atoms with E-state index in [1.807, 2.05) is 0 Å². The van der Waals surface area contributed by atoms with Crippen LogP contribution in [0.3, 0.4) is 0 Å². The minimum absolute atomic E-state index is 0.0566. The number of hydrogen-bond acceptors (Lipinski definition) is 8. The van der Waals surface area contributed by atoms with Crippen LogP contribution in [0.5, 0.6) is 0 Å². The Morgan fingerprint density at radius 1 is 1.38 bits per heavy atom. The summed E-state index contributed by atoms with van der Waals surface area (Å²) >= 11 is 0. The molecule has 5 N–H and O–H groups in total. The van der Waals surface area contributed by atoms with Gasteiger partial charge in [-0.05, 0) is 0 Å². The first-order valence-electron chi connectivity index (χ1n) is 5.63. The van der Waals surface area contributed by atoms with Crippen molar-refractivity contribution < 1.29 is 28.9 Å². The van der Waals surface area contributed by atoms with Gasteiger partial charge in [-0.15, -0.1) is 0 Å². The average Bonchev–Trinajstić information content (AvgIpc) is 2.89. The summed E-state index contributed by atoms with van der Waals surface area (Å²) in [5.41, 5.74) is 5.14. The molecule has 0 aliphatic carbocycles. The predicted octanol–water partition coefficient (Wildman–Crippen LogP) is -1.60. The van der Waals surface area contributed by atoms with Crippen LogP contribution in [0.15, 0.2) is 12.7 Å². The molecular weight excluding hydrogens is 292 g/mol. The SMILES string of the molecule is Nc1ncnc2c1ncn2C(=O)C(F)(F)[C@H](O)[C@H](O)CO. The van der Waals surface area contributed by atoms with E-state index in [0.717, 1.165) is 12.7 Å². The van der Waals surface area contributed by atoms with Gasteiger partial charge < -0.3 is 21.1 Å². The van der Waals surface area contributed by atoms with Crippen LogP contribution in [0.25, 0.3) is 11.2 Å². The first-order chi connectivity index (χ1) is 9.80. The van der Waals surface area contributed by atoms with Gasteiger partial charge in [0.1, 0.15) is 18.8 Å². The molecule has 0 aromatic carbocycles. The smallest absolute Gasteiger partial charge is 0.353 e. The Hall–Kier alpha value is -2.24. The summed E-state index contributed by atoms with van der Waals surface area (Å²) in [7, 11) is 0. The Bertz CT molecular complexity index is 677. The molecule has 0 fully saturated rings. The number of anilines is 1. The highest BCUT2D eigenvalue weighted by Gasteiger charge is 2.51. The normalized spacial score (nSPS) is 15.1. The second-order valence-electron chi connectivity index (χ2n) is 4.17. The number of aliphatic hydroxyl groups is 3. The van der Waals surface area contributed by atoms with Gasteiger partial charge in [0.05, 0.1) is 6.61 Å². The fourth-order valence-corrected chi connectivity index (χ4v) is 1.63. The monoisotopic (exact) mass is 303 g/mol. The van der Waals surface area contributed by atoms with Crippen LogP contribution in [0.2, 0.25) is 0 Å². The third-order valence-electron chi connectivity index (χ3n) is 2.79. The van der Waals surface area contributed by atoms with E-state index in [1.165, 1.54) is 0 Å². The fraction of sp³-hybridized carbons (Fsp3) is 0.400. The summed E-state index contributed by atoms with van der Waals surface area (Å²) in [6, 6.07) is 0.